The van der Waals surface area contributed by atoms with E-state index in [1.165, 1.54) is 11.1 Å². The highest BCUT2D eigenvalue weighted by Gasteiger charge is 2.25. The van der Waals surface area contributed by atoms with Gasteiger partial charge in [0.25, 0.3) is 0 Å². The van der Waals surface area contributed by atoms with Crippen molar-refractivity contribution in [3.05, 3.63) is 53.6 Å². The van der Waals surface area contributed by atoms with Gasteiger partial charge in [-0.05, 0) is 42.2 Å². The number of anilines is 1. The van der Waals surface area contributed by atoms with Gasteiger partial charge in [0.2, 0.25) is 0 Å². The summed E-state index contributed by atoms with van der Waals surface area (Å²) in [6.07, 6.45) is 3.06. The van der Waals surface area contributed by atoms with Crippen molar-refractivity contribution < 1.29 is 9.47 Å². The Bertz CT molecular complexity index is 874. The maximum absolute atomic E-state index is 5.59. The highest BCUT2D eigenvalue weighted by atomic mass is 127. The van der Waals surface area contributed by atoms with E-state index in [4.69, 9.17) is 9.47 Å². The van der Waals surface area contributed by atoms with Gasteiger partial charge in [-0.15, -0.1) is 24.0 Å². The zero-order valence-corrected chi connectivity index (χ0v) is 20.0. The third-order valence-corrected chi connectivity index (χ3v) is 5.64. The van der Waals surface area contributed by atoms with Gasteiger partial charge in [-0.3, -0.25) is 4.99 Å². The number of nitrogens with zero attached hydrogens (tertiary/aromatic N) is 2. The molecule has 1 saturated heterocycles. The minimum Gasteiger partial charge on any atom is -0.495 e. The number of aliphatic imine (C=N–C) groups is 1. The van der Waals surface area contributed by atoms with Crippen LogP contribution in [0, 0.1) is 0 Å². The lowest BCUT2D eigenvalue weighted by molar-refractivity contribution is 0.357. The first-order valence-corrected chi connectivity index (χ1v) is 10.4. The predicted molar refractivity (Wildman–Crippen MR) is 133 cm³/mol. The van der Waals surface area contributed by atoms with Crippen molar-refractivity contribution in [2.45, 2.75) is 25.3 Å². The molecule has 2 N–H and O–H groups in total. The zero-order chi connectivity index (χ0) is 20.1. The van der Waals surface area contributed by atoms with Crippen LogP contribution in [0.4, 0.5) is 5.69 Å². The molecule has 0 bridgehead atoms. The molecule has 1 unspecified atom stereocenters. The van der Waals surface area contributed by atoms with Gasteiger partial charge in [-0.2, -0.15) is 0 Å². The quantitative estimate of drug-likeness (QED) is 0.347. The van der Waals surface area contributed by atoms with Crippen molar-refractivity contribution in [1.29, 1.82) is 0 Å². The summed E-state index contributed by atoms with van der Waals surface area (Å²) in [6, 6.07) is 15.1. The lowest BCUT2D eigenvalue weighted by atomic mass is 10.1. The summed E-state index contributed by atoms with van der Waals surface area (Å²) < 4.78 is 11.1. The summed E-state index contributed by atoms with van der Waals surface area (Å²) in [7, 11) is 3.55. The largest absolute Gasteiger partial charge is 0.495 e. The Labute approximate surface area is 196 Å². The van der Waals surface area contributed by atoms with E-state index >= 15 is 0 Å². The van der Waals surface area contributed by atoms with Gasteiger partial charge in [0.1, 0.15) is 11.5 Å². The first-order chi connectivity index (χ1) is 14.3. The van der Waals surface area contributed by atoms with Crippen LogP contribution in [-0.4, -0.2) is 52.4 Å². The SMILES string of the molecule is CN=C(NCCc1ccc2c(c1)CCO2)NC1CCN(c2ccccc2OC)C1.I. The maximum Gasteiger partial charge on any atom is 0.191 e. The lowest BCUT2D eigenvalue weighted by Crippen LogP contribution is -2.45. The van der Waals surface area contributed by atoms with Gasteiger partial charge in [0.05, 0.1) is 19.4 Å². The molecule has 6 nitrogen and oxygen atoms in total. The molecule has 0 spiro atoms. The van der Waals surface area contributed by atoms with Gasteiger partial charge in [0, 0.05) is 39.1 Å². The molecule has 0 amide bonds. The Morgan fingerprint density at radius 1 is 1.27 bits per heavy atom. The fraction of sp³-hybridized carbons (Fsp3) is 0.435. The molecule has 4 rings (SSSR count). The highest BCUT2D eigenvalue weighted by Crippen LogP contribution is 2.30. The number of methoxy groups -OCH3 is 1. The summed E-state index contributed by atoms with van der Waals surface area (Å²) in [6.45, 7) is 3.60. The molecule has 2 aromatic carbocycles. The lowest BCUT2D eigenvalue weighted by Gasteiger charge is -2.22. The Hall–Kier alpha value is -2.16. The third kappa shape index (κ3) is 5.30. The summed E-state index contributed by atoms with van der Waals surface area (Å²) >= 11 is 0. The van der Waals surface area contributed by atoms with Crippen molar-refractivity contribution >= 4 is 35.6 Å². The Balaban J connectivity index is 0.00000256. The first kappa shape index (κ1) is 22.5. The van der Waals surface area contributed by atoms with Crippen molar-refractivity contribution in [2.75, 3.05) is 45.3 Å². The number of rotatable bonds is 6. The number of hydrogen-bond donors (Lipinski definition) is 2. The molecule has 1 atom stereocenters. The number of benzene rings is 2. The number of para-hydroxylation sites is 2. The number of ether oxygens (including phenoxy) is 2. The van der Waals surface area contributed by atoms with Crippen LogP contribution >= 0.6 is 24.0 Å². The number of nitrogens with one attached hydrogen (secondary N) is 2. The molecule has 2 aliphatic heterocycles. The predicted octanol–water partition coefficient (Wildman–Crippen LogP) is 3.23. The van der Waals surface area contributed by atoms with E-state index in [-0.39, 0.29) is 24.0 Å². The smallest absolute Gasteiger partial charge is 0.191 e. The fourth-order valence-electron chi connectivity index (χ4n) is 4.10. The highest BCUT2D eigenvalue weighted by molar-refractivity contribution is 14.0. The molecule has 2 aromatic rings. The molecule has 2 heterocycles. The van der Waals surface area contributed by atoms with Crippen molar-refractivity contribution in [3.8, 4) is 11.5 Å². The average molecular weight is 522 g/mol. The molecular weight excluding hydrogens is 491 g/mol. The molecule has 30 heavy (non-hydrogen) atoms. The number of guanidine groups is 1. The molecular formula is C23H31IN4O2. The first-order valence-electron chi connectivity index (χ1n) is 10.4. The van der Waals surface area contributed by atoms with Crippen molar-refractivity contribution in [3.63, 3.8) is 0 Å². The van der Waals surface area contributed by atoms with Crippen LogP contribution in [0.1, 0.15) is 17.5 Å². The van der Waals surface area contributed by atoms with Gasteiger partial charge in [0.15, 0.2) is 5.96 Å². The summed E-state index contributed by atoms with van der Waals surface area (Å²) in [5.41, 5.74) is 3.82. The van der Waals surface area contributed by atoms with E-state index in [2.05, 4.69) is 50.9 Å². The molecule has 0 saturated carbocycles. The monoisotopic (exact) mass is 522 g/mol. The second kappa shape index (κ2) is 10.7. The standard InChI is InChI=1S/C23H30N4O2.HI/c1-24-23(25-12-9-17-7-8-21-18(15-17)11-14-29-21)26-19-10-13-27(16-19)20-5-3-4-6-22(20)28-2;/h3-8,15,19H,9-14,16H2,1-2H3,(H2,24,25,26);1H. The molecule has 0 aromatic heterocycles. The minimum absolute atomic E-state index is 0. The van der Waals surface area contributed by atoms with Crippen molar-refractivity contribution in [1.82, 2.24) is 10.6 Å². The number of halogens is 1. The van der Waals surface area contributed by atoms with Crippen molar-refractivity contribution in [2.24, 2.45) is 4.99 Å². The van der Waals surface area contributed by atoms with E-state index in [9.17, 15) is 0 Å². The Kier molecular flexibility index (Phi) is 8.07. The van der Waals surface area contributed by atoms with Crippen LogP contribution in [-0.2, 0) is 12.8 Å². The molecule has 0 aliphatic carbocycles. The second-order valence-electron chi connectivity index (χ2n) is 7.54. The van der Waals surface area contributed by atoms with Gasteiger partial charge in [-0.1, -0.05) is 24.3 Å². The Morgan fingerprint density at radius 2 is 2.13 bits per heavy atom. The van der Waals surface area contributed by atoms with Crippen LogP contribution in [0.5, 0.6) is 11.5 Å². The van der Waals surface area contributed by atoms with E-state index < -0.39 is 0 Å². The number of hydrogen-bond acceptors (Lipinski definition) is 4. The van der Waals surface area contributed by atoms with Gasteiger partial charge >= 0.3 is 0 Å². The normalized spacial score (nSPS) is 17.7. The topological polar surface area (TPSA) is 58.1 Å². The zero-order valence-electron chi connectivity index (χ0n) is 17.7. The van der Waals surface area contributed by atoms with Crippen LogP contribution in [0.3, 0.4) is 0 Å². The summed E-state index contributed by atoms with van der Waals surface area (Å²) in [4.78, 5) is 6.77. The molecule has 162 valence electrons. The summed E-state index contributed by atoms with van der Waals surface area (Å²) in [5, 5.41) is 7.02. The van der Waals surface area contributed by atoms with Crippen LogP contribution < -0.4 is 25.0 Å². The second-order valence-corrected chi connectivity index (χ2v) is 7.54. The van der Waals surface area contributed by atoms with Crippen LogP contribution in [0.15, 0.2) is 47.5 Å². The summed E-state index contributed by atoms with van der Waals surface area (Å²) in [5.74, 6) is 2.83. The maximum atomic E-state index is 5.59. The van der Waals surface area contributed by atoms with Gasteiger partial charge < -0.3 is 25.0 Å². The average Bonchev–Trinajstić information content (AvgIpc) is 3.42. The third-order valence-electron chi connectivity index (χ3n) is 5.64. The van der Waals surface area contributed by atoms with Crippen LogP contribution in [0.2, 0.25) is 0 Å². The number of fused-ring (bicyclic) bond motifs is 1. The van der Waals surface area contributed by atoms with E-state index in [0.717, 1.165) is 68.6 Å². The molecule has 1 fully saturated rings. The molecule has 7 heteroatoms. The molecule has 2 aliphatic rings. The van der Waals surface area contributed by atoms with E-state index in [0.29, 0.717) is 6.04 Å². The van der Waals surface area contributed by atoms with Crippen LogP contribution in [0.25, 0.3) is 0 Å². The minimum atomic E-state index is 0. The van der Waals surface area contributed by atoms with E-state index in [1.807, 2.05) is 19.2 Å². The Morgan fingerprint density at radius 3 is 2.97 bits per heavy atom. The van der Waals surface area contributed by atoms with E-state index in [1.54, 1.807) is 7.11 Å². The van der Waals surface area contributed by atoms with Gasteiger partial charge in [-0.25, -0.2) is 0 Å². The fourth-order valence-corrected chi connectivity index (χ4v) is 4.10. The molecule has 0 radical (unpaired) electrons.